The minimum atomic E-state index is -0.976. The Bertz CT molecular complexity index is 715. The van der Waals surface area contributed by atoms with Crippen molar-refractivity contribution in [3.05, 3.63) is 39.9 Å². The first-order chi connectivity index (χ1) is 9.85. The summed E-state index contributed by atoms with van der Waals surface area (Å²) in [7, 11) is 3.07. The molecular formula is C14H15ClN2O4. The highest BCUT2D eigenvalue weighted by Gasteiger charge is 2.24. The van der Waals surface area contributed by atoms with Crippen molar-refractivity contribution in [2.75, 3.05) is 7.11 Å². The van der Waals surface area contributed by atoms with E-state index in [9.17, 15) is 9.59 Å². The van der Waals surface area contributed by atoms with Crippen LogP contribution in [0.3, 0.4) is 0 Å². The zero-order chi connectivity index (χ0) is 15.7. The molecule has 0 bridgehead atoms. The first-order valence-electron chi connectivity index (χ1n) is 6.19. The van der Waals surface area contributed by atoms with Crippen LogP contribution in [0.1, 0.15) is 27.4 Å². The molecule has 0 amide bonds. The molecule has 2 aromatic heterocycles. The second kappa shape index (κ2) is 5.65. The van der Waals surface area contributed by atoms with E-state index in [0.717, 1.165) is 0 Å². The molecule has 0 fully saturated rings. The van der Waals surface area contributed by atoms with Gasteiger partial charge in [-0.1, -0.05) is 11.6 Å². The van der Waals surface area contributed by atoms with Gasteiger partial charge in [0.15, 0.2) is 0 Å². The summed E-state index contributed by atoms with van der Waals surface area (Å²) in [4.78, 5) is 26.3. The maximum absolute atomic E-state index is 12.6. The number of nitrogens with one attached hydrogen (secondary N) is 1. The lowest BCUT2D eigenvalue weighted by Gasteiger charge is -2.07. The highest BCUT2D eigenvalue weighted by atomic mass is 35.5. The van der Waals surface area contributed by atoms with Crippen molar-refractivity contribution in [1.29, 1.82) is 0 Å². The Morgan fingerprint density at radius 1 is 1.43 bits per heavy atom. The number of carboxylic acids is 1. The highest BCUT2D eigenvalue weighted by Crippen LogP contribution is 2.27. The molecule has 0 aliphatic rings. The Labute approximate surface area is 126 Å². The van der Waals surface area contributed by atoms with Crippen LogP contribution >= 0.6 is 11.6 Å². The lowest BCUT2D eigenvalue weighted by Crippen LogP contribution is -2.13. The molecule has 6 nitrogen and oxygen atoms in total. The number of halogens is 1. The van der Waals surface area contributed by atoms with Crippen LogP contribution in [0.25, 0.3) is 0 Å². The Hall–Kier alpha value is -2.21. The van der Waals surface area contributed by atoms with E-state index in [2.05, 4.69) is 4.98 Å². The smallest absolute Gasteiger partial charge is 0.309 e. The van der Waals surface area contributed by atoms with Gasteiger partial charge in [-0.25, -0.2) is 0 Å². The van der Waals surface area contributed by atoms with Crippen molar-refractivity contribution in [1.82, 2.24) is 9.55 Å². The number of ketones is 1. The Morgan fingerprint density at radius 3 is 2.57 bits per heavy atom. The maximum Gasteiger partial charge on any atom is 0.309 e. The van der Waals surface area contributed by atoms with Crippen LogP contribution in [0, 0.1) is 6.92 Å². The van der Waals surface area contributed by atoms with E-state index in [4.69, 9.17) is 21.4 Å². The number of aromatic amines is 1. The van der Waals surface area contributed by atoms with E-state index in [1.807, 2.05) is 0 Å². The van der Waals surface area contributed by atoms with Gasteiger partial charge in [0, 0.05) is 18.8 Å². The van der Waals surface area contributed by atoms with Crippen molar-refractivity contribution in [2.24, 2.45) is 7.05 Å². The fraction of sp³-hybridized carbons (Fsp3) is 0.286. The van der Waals surface area contributed by atoms with E-state index in [1.165, 1.54) is 11.7 Å². The van der Waals surface area contributed by atoms with Gasteiger partial charge >= 0.3 is 5.97 Å². The number of nitrogens with zero attached hydrogens (tertiary/aromatic N) is 1. The molecule has 2 heterocycles. The largest absolute Gasteiger partial charge is 0.494 e. The number of hydrogen-bond donors (Lipinski definition) is 2. The average molecular weight is 311 g/mol. The predicted octanol–water partition coefficient (Wildman–Crippen LogP) is 2.18. The second-order valence-electron chi connectivity index (χ2n) is 4.69. The van der Waals surface area contributed by atoms with E-state index >= 15 is 0 Å². The lowest BCUT2D eigenvalue weighted by molar-refractivity contribution is -0.136. The van der Waals surface area contributed by atoms with Gasteiger partial charge in [0.1, 0.15) is 16.6 Å². The highest BCUT2D eigenvalue weighted by molar-refractivity contribution is 6.30. The number of aromatic nitrogens is 2. The summed E-state index contributed by atoms with van der Waals surface area (Å²) in [6.07, 6.45) is -0.190. The summed E-state index contributed by atoms with van der Waals surface area (Å²) in [5.41, 5.74) is 1.85. The number of hydrogen-bond acceptors (Lipinski definition) is 3. The lowest BCUT2D eigenvalue weighted by atomic mass is 10.1. The van der Waals surface area contributed by atoms with Gasteiger partial charge in [0.25, 0.3) is 0 Å². The van der Waals surface area contributed by atoms with Crippen LogP contribution in [0.5, 0.6) is 5.75 Å². The molecule has 112 valence electrons. The zero-order valence-corrected chi connectivity index (χ0v) is 12.6. The van der Waals surface area contributed by atoms with Crippen LogP contribution in [-0.2, 0) is 18.3 Å². The third-order valence-corrected chi connectivity index (χ3v) is 3.48. The number of rotatable bonds is 5. The van der Waals surface area contributed by atoms with Crippen molar-refractivity contribution < 1.29 is 19.4 Å². The summed E-state index contributed by atoms with van der Waals surface area (Å²) in [6.45, 7) is 1.77. The summed E-state index contributed by atoms with van der Waals surface area (Å²) < 4.78 is 6.73. The fourth-order valence-electron chi connectivity index (χ4n) is 2.24. The minimum Gasteiger partial charge on any atom is -0.494 e. The average Bonchev–Trinajstić information content (AvgIpc) is 2.89. The van der Waals surface area contributed by atoms with Gasteiger partial charge < -0.3 is 19.4 Å². The van der Waals surface area contributed by atoms with Gasteiger partial charge in [-0.3, -0.25) is 9.59 Å². The SMILES string of the molecule is COc1cc(CC(=O)O)n(C)c1C(=O)c1[nH]c(Cl)cc1C. The Morgan fingerprint density at radius 2 is 2.10 bits per heavy atom. The van der Waals surface area contributed by atoms with E-state index in [1.54, 1.807) is 26.1 Å². The summed E-state index contributed by atoms with van der Waals surface area (Å²) in [6, 6.07) is 3.21. The number of aryl methyl sites for hydroxylation is 1. The number of H-pyrrole nitrogens is 1. The number of aliphatic carboxylic acids is 1. The topological polar surface area (TPSA) is 84.3 Å². The third kappa shape index (κ3) is 2.80. The molecule has 0 aromatic carbocycles. The number of carboxylic acid groups (broad SMARTS) is 1. The van der Waals surface area contributed by atoms with Gasteiger partial charge in [0.2, 0.25) is 5.78 Å². The number of methoxy groups -OCH3 is 1. The van der Waals surface area contributed by atoms with Crippen LogP contribution in [-0.4, -0.2) is 33.5 Å². The molecular weight excluding hydrogens is 296 g/mol. The van der Waals surface area contributed by atoms with Crippen LogP contribution in [0.15, 0.2) is 12.1 Å². The molecule has 0 aliphatic heterocycles. The van der Waals surface area contributed by atoms with Crippen molar-refractivity contribution >= 4 is 23.4 Å². The normalized spacial score (nSPS) is 10.7. The monoisotopic (exact) mass is 310 g/mol. The molecule has 0 unspecified atom stereocenters. The van der Waals surface area contributed by atoms with Crippen LogP contribution < -0.4 is 4.74 Å². The van der Waals surface area contributed by atoms with Gasteiger partial charge in [-0.15, -0.1) is 0 Å². The molecule has 0 saturated heterocycles. The summed E-state index contributed by atoms with van der Waals surface area (Å²) in [5.74, 6) is -0.935. The quantitative estimate of drug-likeness (QED) is 0.829. The van der Waals surface area contributed by atoms with Gasteiger partial charge in [-0.05, 0) is 18.6 Å². The summed E-state index contributed by atoms with van der Waals surface area (Å²) >= 11 is 5.86. The van der Waals surface area contributed by atoms with E-state index in [-0.39, 0.29) is 17.9 Å². The number of carbonyl (C=O) groups excluding carboxylic acids is 1. The Balaban J connectivity index is 2.52. The summed E-state index contributed by atoms with van der Waals surface area (Å²) in [5, 5.41) is 9.27. The van der Waals surface area contributed by atoms with Crippen molar-refractivity contribution in [2.45, 2.75) is 13.3 Å². The molecule has 0 saturated carbocycles. The van der Waals surface area contributed by atoms with Crippen LogP contribution in [0.4, 0.5) is 0 Å². The van der Waals surface area contributed by atoms with E-state index in [0.29, 0.717) is 27.9 Å². The molecule has 2 rings (SSSR count). The number of carbonyl (C=O) groups is 2. The third-order valence-electron chi connectivity index (χ3n) is 3.27. The fourth-order valence-corrected chi connectivity index (χ4v) is 2.50. The standard InChI is InChI=1S/C14H15ClN2O4/c1-7-4-10(15)16-12(7)14(20)13-9(21-3)5-8(17(13)2)6-11(18)19/h4-5,16H,6H2,1-3H3,(H,18,19). The molecule has 0 spiro atoms. The molecule has 7 heteroatoms. The molecule has 0 atom stereocenters. The molecule has 0 aliphatic carbocycles. The molecule has 2 aromatic rings. The van der Waals surface area contributed by atoms with Gasteiger partial charge in [0.05, 0.1) is 19.2 Å². The minimum absolute atomic E-state index is 0.190. The Kier molecular flexibility index (Phi) is 4.09. The first-order valence-corrected chi connectivity index (χ1v) is 6.57. The zero-order valence-electron chi connectivity index (χ0n) is 11.9. The number of ether oxygens (including phenoxy) is 1. The van der Waals surface area contributed by atoms with Gasteiger partial charge in [-0.2, -0.15) is 0 Å². The van der Waals surface area contributed by atoms with Crippen molar-refractivity contribution in [3.8, 4) is 5.75 Å². The van der Waals surface area contributed by atoms with Crippen LogP contribution in [0.2, 0.25) is 5.15 Å². The second-order valence-corrected chi connectivity index (χ2v) is 5.09. The molecule has 0 radical (unpaired) electrons. The molecule has 2 N–H and O–H groups in total. The van der Waals surface area contributed by atoms with E-state index < -0.39 is 5.97 Å². The maximum atomic E-state index is 12.6. The predicted molar refractivity (Wildman–Crippen MR) is 77.3 cm³/mol. The molecule has 21 heavy (non-hydrogen) atoms. The van der Waals surface area contributed by atoms with Crippen molar-refractivity contribution in [3.63, 3.8) is 0 Å². The first kappa shape index (κ1) is 15.2.